The van der Waals surface area contributed by atoms with E-state index in [-0.39, 0.29) is 5.97 Å². The van der Waals surface area contributed by atoms with Crippen LogP contribution in [0.5, 0.6) is 0 Å². The molecule has 0 aliphatic heterocycles. The van der Waals surface area contributed by atoms with Crippen molar-refractivity contribution in [3.63, 3.8) is 0 Å². The lowest BCUT2D eigenvalue weighted by Gasteiger charge is -2.18. The van der Waals surface area contributed by atoms with Crippen LogP contribution >= 0.6 is 0 Å². The van der Waals surface area contributed by atoms with Crippen LogP contribution in [0.4, 0.5) is 0 Å². The lowest BCUT2D eigenvalue weighted by atomic mass is 9.88. The van der Waals surface area contributed by atoms with Crippen LogP contribution in [0.1, 0.15) is 33.6 Å². The number of methoxy groups -OCH3 is 1. The normalized spacial score (nSPS) is 13.6. The maximum atomic E-state index is 11.7. The van der Waals surface area contributed by atoms with Crippen LogP contribution in [0.25, 0.3) is 5.57 Å². The Morgan fingerprint density at radius 3 is 2.90 bits per heavy atom. The first-order valence-electron chi connectivity index (χ1n) is 6.61. The number of rotatable bonds is 2. The predicted octanol–water partition coefficient (Wildman–Crippen LogP) is 2.58. The highest BCUT2D eigenvalue weighted by Crippen LogP contribution is 2.32. The minimum Gasteiger partial charge on any atom is -0.465 e. The first kappa shape index (κ1) is 12.7. The molecule has 0 N–H and O–H groups in total. The van der Waals surface area contributed by atoms with Gasteiger partial charge >= 0.3 is 5.97 Å². The second kappa shape index (κ2) is 4.96. The van der Waals surface area contributed by atoms with Crippen molar-refractivity contribution >= 4 is 11.5 Å². The van der Waals surface area contributed by atoms with Crippen molar-refractivity contribution in [1.29, 1.82) is 0 Å². The standard InChI is InChI=1S/C16H16N2O2/c1-18-15(8-9-17-18)13-5-3-4-11-6-7-12(10-14(11)13)16(19)20-2/h5-10H,3-4H2,1-2H3. The molecule has 0 fully saturated rings. The fraction of sp³-hybridized carbons (Fsp3) is 0.250. The van der Waals surface area contributed by atoms with Crippen LogP contribution in [-0.4, -0.2) is 22.9 Å². The third-order valence-corrected chi connectivity index (χ3v) is 3.68. The van der Waals surface area contributed by atoms with Crippen LogP contribution in [0.3, 0.4) is 0 Å². The molecule has 4 heteroatoms. The molecule has 3 rings (SSSR count). The molecule has 4 nitrogen and oxygen atoms in total. The number of carbonyl (C=O) groups is 1. The lowest BCUT2D eigenvalue weighted by molar-refractivity contribution is 0.0600. The molecule has 0 saturated heterocycles. The van der Waals surface area contributed by atoms with E-state index in [1.807, 2.05) is 36.0 Å². The molecule has 0 amide bonds. The van der Waals surface area contributed by atoms with E-state index >= 15 is 0 Å². The Morgan fingerprint density at radius 1 is 1.35 bits per heavy atom. The van der Waals surface area contributed by atoms with Gasteiger partial charge in [-0.2, -0.15) is 5.10 Å². The summed E-state index contributed by atoms with van der Waals surface area (Å²) in [7, 11) is 3.33. The van der Waals surface area contributed by atoms with E-state index in [4.69, 9.17) is 4.74 Å². The molecule has 20 heavy (non-hydrogen) atoms. The van der Waals surface area contributed by atoms with Gasteiger partial charge in [0.1, 0.15) is 0 Å². The topological polar surface area (TPSA) is 44.1 Å². The smallest absolute Gasteiger partial charge is 0.337 e. The van der Waals surface area contributed by atoms with E-state index < -0.39 is 0 Å². The zero-order valence-electron chi connectivity index (χ0n) is 11.6. The molecule has 0 saturated carbocycles. The molecular weight excluding hydrogens is 252 g/mol. The first-order valence-corrected chi connectivity index (χ1v) is 6.61. The minimum atomic E-state index is -0.303. The van der Waals surface area contributed by atoms with Crippen molar-refractivity contribution in [2.75, 3.05) is 7.11 Å². The molecule has 0 radical (unpaired) electrons. The van der Waals surface area contributed by atoms with Gasteiger partial charge in [-0.3, -0.25) is 4.68 Å². The van der Waals surface area contributed by atoms with Crippen molar-refractivity contribution in [2.24, 2.45) is 7.05 Å². The molecule has 0 bridgehead atoms. The van der Waals surface area contributed by atoms with Crippen LogP contribution in [0.15, 0.2) is 36.5 Å². The molecule has 1 aromatic carbocycles. The Labute approximate surface area is 117 Å². The summed E-state index contributed by atoms with van der Waals surface area (Å²) in [5.74, 6) is -0.303. The number of benzene rings is 1. The number of hydrogen-bond donors (Lipinski definition) is 0. The largest absolute Gasteiger partial charge is 0.465 e. The molecular formula is C16H16N2O2. The Balaban J connectivity index is 2.12. The SMILES string of the molecule is COC(=O)c1ccc2c(c1)C(c1ccnn1C)=CCC2. The van der Waals surface area contributed by atoms with Crippen LogP contribution in [0, 0.1) is 0 Å². The number of aryl methyl sites for hydroxylation is 2. The Bertz CT molecular complexity index is 698. The Hall–Kier alpha value is -2.36. The number of carbonyl (C=O) groups excluding carboxylic acids is 1. The Morgan fingerprint density at radius 2 is 2.20 bits per heavy atom. The molecule has 0 atom stereocenters. The summed E-state index contributed by atoms with van der Waals surface area (Å²) in [6.07, 6.45) is 6.00. The molecule has 0 unspecified atom stereocenters. The number of fused-ring (bicyclic) bond motifs is 1. The molecule has 1 aliphatic rings. The average molecular weight is 268 g/mol. The van der Waals surface area contributed by atoms with E-state index in [0.29, 0.717) is 5.56 Å². The zero-order valence-corrected chi connectivity index (χ0v) is 11.6. The number of nitrogens with zero attached hydrogens (tertiary/aromatic N) is 2. The maximum absolute atomic E-state index is 11.7. The van der Waals surface area contributed by atoms with Crippen molar-refractivity contribution in [1.82, 2.24) is 9.78 Å². The molecule has 0 spiro atoms. The summed E-state index contributed by atoms with van der Waals surface area (Å²) in [5, 5.41) is 4.22. The van der Waals surface area contributed by atoms with Crippen molar-refractivity contribution < 1.29 is 9.53 Å². The molecule has 1 heterocycles. The molecule has 102 valence electrons. The van der Waals surface area contributed by atoms with Crippen molar-refractivity contribution in [3.8, 4) is 0 Å². The highest BCUT2D eigenvalue weighted by molar-refractivity contribution is 5.92. The van der Waals surface area contributed by atoms with Crippen molar-refractivity contribution in [2.45, 2.75) is 12.8 Å². The summed E-state index contributed by atoms with van der Waals surface area (Å²) >= 11 is 0. The summed E-state index contributed by atoms with van der Waals surface area (Å²) in [5.41, 5.74) is 5.14. The lowest BCUT2D eigenvalue weighted by Crippen LogP contribution is -2.08. The number of allylic oxidation sites excluding steroid dienone is 1. The van der Waals surface area contributed by atoms with E-state index in [0.717, 1.165) is 29.7 Å². The summed E-state index contributed by atoms with van der Waals surface area (Å²) in [4.78, 5) is 11.7. The highest BCUT2D eigenvalue weighted by atomic mass is 16.5. The van der Waals surface area contributed by atoms with Gasteiger partial charge in [-0.1, -0.05) is 12.1 Å². The van der Waals surface area contributed by atoms with Crippen LogP contribution in [0.2, 0.25) is 0 Å². The third-order valence-electron chi connectivity index (χ3n) is 3.68. The fourth-order valence-electron chi connectivity index (χ4n) is 2.65. The van der Waals surface area contributed by atoms with Gasteiger partial charge in [-0.15, -0.1) is 0 Å². The second-order valence-corrected chi connectivity index (χ2v) is 4.86. The summed E-state index contributed by atoms with van der Waals surface area (Å²) in [6, 6.07) is 7.76. The zero-order chi connectivity index (χ0) is 14.1. The van der Waals surface area contributed by atoms with Crippen molar-refractivity contribution in [3.05, 3.63) is 58.9 Å². The Kier molecular flexibility index (Phi) is 3.14. The van der Waals surface area contributed by atoms with E-state index in [1.54, 1.807) is 6.20 Å². The first-order chi connectivity index (χ1) is 9.70. The van der Waals surface area contributed by atoms with E-state index in [1.165, 1.54) is 12.7 Å². The number of hydrogen-bond acceptors (Lipinski definition) is 3. The van der Waals surface area contributed by atoms with Gasteiger partial charge in [0.05, 0.1) is 18.4 Å². The quantitative estimate of drug-likeness (QED) is 0.786. The van der Waals surface area contributed by atoms with Gasteiger partial charge in [-0.25, -0.2) is 4.79 Å². The maximum Gasteiger partial charge on any atom is 0.337 e. The van der Waals surface area contributed by atoms with E-state index in [2.05, 4.69) is 11.2 Å². The van der Waals surface area contributed by atoms with Gasteiger partial charge < -0.3 is 4.74 Å². The van der Waals surface area contributed by atoms with Crippen LogP contribution in [-0.2, 0) is 18.2 Å². The summed E-state index contributed by atoms with van der Waals surface area (Å²) in [6.45, 7) is 0. The molecule has 2 aromatic rings. The second-order valence-electron chi connectivity index (χ2n) is 4.86. The molecule has 1 aliphatic carbocycles. The highest BCUT2D eigenvalue weighted by Gasteiger charge is 2.18. The van der Waals surface area contributed by atoms with Crippen LogP contribution < -0.4 is 0 Å². The summed E-state index contributed by atoms with van der Waals surface area (Å²) < 4.78 is 6.65. The number of esters is 1. The number of ether oxygens (including phenoxy) is 1. The van der Waals surface area contributed by atoms with Gasteiger partial charge in [0.15, 0.2) is 0 Å². The van der Waals surface area contributed by atoms with E-state index in [9.17, 15) is 4.79 Å². The third kappa shape index (κ3) is 2.03. The van der Waals surface area contributed by atoms with Gasteiger partial charge in [0.25, 0.3) is 0 Å². The average Bonchev–Trinajstić information content (AvgIpc) is 2.91. The number of aromatic nitrogens is 2. The fourth-order valence-corrected chi connectivity index (χ4v) is 2.65. The van der Waals surface area contributed by atoms with Gasteiger partial charge in [-0.05, 0) is 42.2 Å². The monoisotopic (exact) mass is 268 g/mol. The van der Waals surface area contributed by atoms with Gasteiger partial charge in [0, 0.05) is 18.8 Å². The van der Waals surface area contributed by atoms with Gasteiger partial charge in [0.2, 0.25) is 0 Å². The predicted molar refractivity (Wildman–Crippen MR) is 76.4 cm³/mol. The minimum absolute atomic E-state index is 0.303. The molecule has 1 aromatic heterocycles.